The lowest BCUT2D eigenvalue weighted by molar-refractivity contribution is 0.0602. The van der Waals surface area contributed by atoms with Crippen molar-refractivity contribution < 1.29 is 14.3 Å². The Hall–Kier alpha value is -2.21. The van der Waals surface area contributed by atoms with Crippen LogP contribution in [0.3, 0.4) is 0 Å². The van der Waals surface area contributed by atoms with E-state index in [9.17, 15) is 9.59 Å². The zero-order valence-electron chi connectivity index (χ0n) is 10.5. The average molecular weight is 276 g/mol. The zero-order valence-corrected chi connectivity index (χ0v) is 11.3. The first kappa shape index (κ1) is 13.2. The number of carbonyl (C=O) groups is 2. The molecule has 0 aliphatic heterocycles. The molecule has 1 amide bonds. The van der Waals surface area contributed by atoms with Crippen LogP contribution in [-0.4, -0.2) is 24.0 Å². The predicted molar refractivity (Wildman–Crippen MR) is 72.6 cm³/mol. The molecule has 0 saturated carbocycles. The fourth-order valence-electron chi connectivity index (χ4n) is 1.50. The molecule has 98 valence electrons. The maximum absolute atomic E-state index is 12.0. The number of carbonyl (C=O) groups excluding carboxylic acids is 2. The number of methoxy groups -OCH3 is 1. The lowest BCUT2D eigenvalue weighted by Gasteiger charge is -2.05. The molecule has 0 radical (unpaired) electrons. The third-order valence-electron chi connectivity index (χ3n) is 2.45. The van der Waals surface area contributed by atoms with E-state index in [1.165, 1.54) is 18.4 Å². The van der Waals surface area contributed by atoms with Gasteiger partial charge in [-0.1, -0.05) is 0 Å². The van der Waals surface area contributed by atoms with Gasteiger partial charge in [0.2, 0.25) is 0 Å². The lowest BCUT2D eigenvalue weighted by Crippen LogP contribution is -2.15. The molecule has 2 heterocycles. The van der Waals surface area contributed by atoms with Crippen LogP contribution in [0.2, 0.25) is 0 Å². The van der Waals surface area contributed by atoms with Crippen molar-refractivity contribution in [2.24, 2.45) is 0 Å². The number of amides is 1. The summed E-state index contributed by atoms with van der Waals surface area (Å²) in [5.74, 6) is -0.829. The summed E-state index contributed by atoms with van der Waals surface area (Å²) in [5, 5.41) is 4.84. The number of nitrogens with one attached hydrogen (secondary N) is 1. The Balaban J connectivity index is 2.20. The largest absolute Gasteiger partial charge is 0.465 e. The monoisotopic (exact) mass is 276 g/mol. The van der Waals surface area contributed by atoms with E-state index in [1.54, 1.807) is 23.7 Å². The predicted octanol–water partition coefficient (Wildman–Crippen LogP) is 2.49. The molecule has 19 heavy (non-hydrogen) atoms. The number of aryl methyl sites for hydroxylation is 1. The summed E-state index contributed by atoms with van der Waals surface area (Å²) in [4.78, 5) is 27.5. The van der Waals surface area contributed by atoms with E-state index in [1.807, 2.05) is 13.0 Å². The van der Waals surface area contributed by atoms with Crippen molar-refractivity contribution in [1.82, 2.24) is 4.98 Å². The van der Waals surface area contributed by atoms with Gasteiger partial charge in [-0.2, -0.15) is 0 Å². The van der Waals surface area contributed by atoms with Crippen molar-refractivity contribution in [3.63, 3.8) is 0 Å². The number of ether oxygens (including phenoxy) is 1. The number of nitrogens with zero attached hydrogens (tertiary/aromatic N) is 1. The van der Waals surface area contributed by atoms with E-state index < -0.39 is 5.97 Å². The van der Waals surface area contributed by atoms with Crippen LogP contribution in [0.25, 0.3) is 0 Å². The molecule has 0 saturated heterocycles. The first-order valence-electron chi connectivity index (χ1n) is 5.51. The summed E-state index contributed by atoms with van der Waals surface area (Å²) >= 11 is 1.26. The number of aromatic nitrogens is 1. The molecule has 0 aliphatic carbocycles. The van der Waals surface area contributed by atoms with Crippen LogP contribution in [0.5, 0.6) is 0 Å². The summed E-state index contributed by atoms with van der Waals surface area (Å²) in [5.41, 5.74) is 1.59. The van der Waals surface area contributed by atoms with Gasteiger partial charge in [0.1, 0.15) is 10.7 Å². The van der Waals surface area contributed by atoms with Gasteiger partial charge in [-0.05, 0) is 36.1 Å². The van der Waals surface area contributed by atoms with Gasteiger partial charge in [-0.3, -0.25) is 9.78 Å². The first-order chi connectivity index (χ1) is 9.11. The Morgan fingerprint density at radius 3 is 2.84 bits per heavy atom. The summed E-state index contributed by atoms with van der Waals surface area (Å²) in [6.07, 6.45) is 1.57. The quantitative estimate of drug-likeness (QED) is 0.874. The maximum atomic E-state index is 12.0. The molecule has 2 aromatic heterocycles. The highest BCUT2D eigenvalue weighted by Crippen LogP contribution is 2.24. The molecule has 0 aliphatic rings. The molecule has 0 spiro atoms. The Morgan fingerprint density at radius 2 is 2.16 bits per heavy atom. The van der Waals surface area contributed by atoms with Crippen molar-refractivity contribution in [1.29, 1.82) is 0 Å². The zero-order chi connectivity index (χ0) is 13.8. The van der Waals surface area contributed by atoms with E-state index in [0.717, 1.165) is 5.56 Å². The molecule has 0 aromatic carbocycles. The van der Waals surface area contributed by atoms with Crippen LogP contribution in [0.1, 0.15) is 26.4 Å². The van der Waals surface area contributed by atoms with Crippen LogP contribution >= 0.6 is 11.3 Å². The van der Waals surface area contributed by atoms with Crippen molar-refractivity contribution >= 4 is 28.2 Å². The van der Waals surface area contributed by atoms with Gasteiger partial charge in [0, 0.05) is 6.20 Å². The van der Waals surface area contributed by atoms with Crippen molar-refractivity contribution in [2.75, 3.05) is 12.4 Å². The number of hydrogen-bond donors (Lipinski definition) is 1. The number of pyridine rings is 1. The highest BCUT2D eigenvalue weighted by molar-refractivity contribution is 7.14. The van der Waals surface area contributed by atoms with E-state index in [4.69, 9.17) is 0 Å². The molecule has 2 aromatic rings. The van der Waals surface area contributed by atoms with Crippen molar-refractivity contribution in [3.05, 3.63) is 46.6 Å². The van der Waals surface area contributed by atoms with E-state index in [-0.39, 0.29) is 5.91 Å². The van der Waals surface area contributed by atoms with Gasteiger partial charge >= 0.3 is 5.97 Å². The summed E-state index contributed by atoms with van der Waals surface area (Å²) in [7, 11) is 1.30. The highest BCUT2D eigenvalue weighted by Gasteiger charge is 2.16. The molecule has 0 fully saturated rings. The average Bonchev–Trinajstić information content (AvgIpc) is 2.86. The smallest absolute Gasteiger partial charge is 0.340 e. The minimum atomic E-state index is -0.478. The topological polar surface area (TPSA) is 68.3 Å². The fourth-order valence-corrected chi connectivity index (χ4v) is 2.27. The standard InChI is InChI=1S/C13H12N2O3S/c1-8-3-5-14-10(7-8)11(16)15-12-9(4-6-19-12)13(17)18-2/h3-7H,1-2H3,(H,15,16). The molecule has 0 unspecified atom stereocenters. The number of hydrogen-bond acceptors (Lipinski definition) is 5. The van der Waals surface area contributed by atoms with Crippen molar-refractivity contribution in [2.45, 2.75) is 6.92 Å². The molecule has 0 atom stereocenters. The summed E-state index contributed by atoms with van der Waals surface area (Å²) in [6.45, 7) is 1.88. The second-order valence-electron chi connectivity index (χ2n) is 3.83. The van der Waals surface area contributed by atoms with Gasteiger partial charge in [0.15, 0.2) is 0 Å². The number of anilines is 1. The molecule has 1 N–H and O–H groups in total. The van der Waals surface area contributed by atoms with Crippen molar-refractivity contribution in [3.8, 4) is 0 Å². The second-order valence-corrected chi connectivity index (χ2v) is 4.74. The highest BCUT2D eigenvalue weighted by atomic mass is 32.1. The normalized spacial score (nSPS) is 10.0. The lowest BCUT2D eigenvalue weighted by atomic mass is 10.2. The number of rotatable bonds is 3. The molecular formula is C13H12N2O3S. The minimum Gasteiger partial charge on any atom is -0.465 e. The van der Waals surface area contributed by atoms with Gasteiger partial charge in [-0.15, -0.1) is 11.3 Å². The maximum Gasteiger partial charge on any atom is 0.340 e. The molecule has 6 heteroatoms. The van der Waals surface area contributed by atoms with Crippen LogP contribution in [0, 0.1) is 6.92 Å². The minimum absolute atomic E-state index is 0.309. The van der Waals surface area contributed by atoms with Gasteiger partial charge in [0.05, 0.1) is 12.7 Å². The van der Waals surface area contributed by atoms with Crippen LogP contribution in [0.15, 0.2) is 29.8 Å². The fraction of sp³-hybridized carbons (Fsp3) is 0.154. The van der Waals surface area contributed by atoms with Crippen LogP contribution in [-0.2, 0) is 4.74 Å². The second kappa shape index (κ2) is 5.62. The van der Waals surface area contributed by atoms with Crippen LogP contribution in [0.4, 0.5) is 5.00 Å². The summed E-state index contributed by atoms with van der Waals surface area (Å²) < 4.78 is 4.64. The Bertz CT molecular complexity index is 622. The van der Waals surface area contributed by atoms with E-state index >= 15 is 0 Å². The molecular weight excluding hydrogens is 264 g/mol. The molecule has 2 rings (SSSR count). The van der Waals surface area contributed by atoms with Gasteiger partial charge < -0.3 is 10.1 Å². The molecule has 5 nitrogen and oxygen atoms in total. The SMILES string of the molecule is COC(=O)c1ccsc1NC(=O)c1cc(C)ccn1. The Labute approximate surface area is 114 Å². The van der Waals surface area contributed by atoms with Gasteiger partial charge in [-0.25, -0.2) is 4.79 Å². The number of esters is 1. The first-order valence-corrected chi connectivity index (χ1v) is 6.39. The molecule has 0 bridgehead atoms. The summed E-state index contributed by atoms with van der Waals surface area (Å²) in [6, 6.07) is 5.10. The third-order valence-corrected chi connectivity index (χ3v) is 3.28. The van der Waals surface area contributed by atoms with E-state index in [2.05, 4.69) is 15.0 Å². The van der Waals surface area contributed by atoms with Gasteiger partial charge in [0.25, 0.3) is 5.91 Å². The Kier molecular flexibility index (Phi) is 3.91. The Morgan fingerprint density at radius 1 is 1.37 bits per heavy atom. The van der Waals surface area contributed by atoms with Crippen LogP contribution < -0.4 is 5.32 Å². The third kappa shape index (κ3) is 2.97. The number of thiophene rings is 1. The van der Waals surface area contributed by atoms with E-state index in [0.29, 0.717) is 16.3 Å².